The van der Waals surface area contributed by atoms with E-state index in [9.17, 15) is 0 Å². The van der Waals surface area contributed by atoms with Gasteiger partial charge >= 0.3 is 0 Å². The molecule has 1 saturated heterocycles. The maximum absolute atomic E-state index is 4.61. The van der Waals surface area contributed by atoms with Gasteiger partial charge in [0.2, 0.25) is 0 Å². The van der Waals surface area contributed by atoms with Gasteiger partial charge in [0, 0.05) is 36.5 Å². The summed E-state index contributed by atoms with van der Waals surface area (Å²) in [6.07, 6.45) is 6.71. The number of nitrogens with zero attached hydrogens (tertiary/aromatic N) is 3. The molecule has 0 unspecified atom stereocenters. The smallest absolute Gasteiger partial charge is 0.131 e. The summed E-state index contributed by atoms with van der Waals surface area (Å²) < 4.78 is 0. The highest BCUT2D eigenvalue weighted by Gasteiger charge is 2.14. The van der Waals surface area contributed by atoms with E-state index >= 15 is 0 Å². The number of hydrogen-bond donors (Lipinski definition) is 2. The van der Waals surface area contributed by atoms with E-state index in [2.05, 4.69) is 32.5 Å². The van der Waals surface area contributed by atoms with Gasteiger partial charge in [-0.2, -0.15) is 0 Å². The Kier molecular flexibility index (Phi) is 4.40. The van der Waals surface area contributed by atoms with E-state index in [1.807, 2.05) is 24.4 Å². The second-order valence-electron chi connectivity index (χ2n) is 5.32. The van der Waals surface area contributed by atoms with Gasteiger partial charge < -0.3 is 10.6 Å². The Labute approximate surface area is 125 Å². The topological polar surface area (TPSA) is 62.7 Å². The van der Waals surface area contributed by atoms with E-state index in [-0.39, 0.29) is 0 Å². The van der Waals surface area contributed by atoms with Crippen LogP contribution in [0.1, 0.15) is 25.6 Å². The zero-order valence-corrected chi connectivity index (χ0v) is 12.3. The van der Waals surface area contributed by atoms with Gasteiger partial charge in [-0.3, -0.25) is 4.98 Å². The van der Waals surface area contributed by atoms with Crippen molar-refractivity contribution in [1.29, 1.82) is 0 Å². The molecule has 21 heavy (non-hydrogen) atoms. The van der Waals surface area contributed by atoms with Gasteiger partial charge in [0.1, 0.15) is 11.6 Å². The summed E-state index contributed by atoms with van der Waals surface area (Å²) in [5, 5.41) is 6.93. The zero-order valence-electron chi connectivity index (χ0n) is 12.3. The normalized spacial score (nSPS) is 15.9. The predicted molar refractivity (Wildman–Crippen MR) is 84.2 cm³/mol. The monoisotopic (exact) mass is 283 g/mol. The van der Waals surface area contributed by atoms with Crippen LogP contribution in [0.25, 0.3) is 11.3 Å². The lowest BCUT2D eigenvalue weighted by atomic mass is 10.1. The van der Waals surface area contributed by atoms with Crippen LogP contribution in [0.3, 0.4) is 0 Å². The lowest BCUT2D eigenvalue weighted by molar-refractivity contribution is 0.478. The van der Waals surface area contributed by atoms with Crippen molar-refractivity contribution in [3.05, 3.63) is 36.4 Å². The molecule has 0 spiro atoms. The number of piperidine rings is 1. The van der Waals surface area contributed by atoms with Gasteiger partial charge in [-0.15, -0.1) is 0 Å². The maximum Gasteiger partial charge on any atom is 0.131 e. The summed E-state index contributed by atoms with van der Waals surface area (Å²) >= 11 is 0. The third kappa shape index (κ3) is 3.55. The molecule has 5 nitrogen and oxygen atoms in total. The van der Waals surface area contributed by atoms with Crippen LogP contribution in [0.4, 0.5) is 5.82 Å². The third-order valence-electron chi connectivity index (χ3n) is 3.74. The molecule has 1 aliphatic rings. The molecule has 3 rings (SSSR count). The van der Waals surface area contributed by atoms with Crippen LogP contribution in [0.5, 0.6) is 0 Å². The van der Waals surface area contributed by atoms with Crippen molar-refractivity contribution < 1.29 is 0 Å². The van der Waals surface area contributed by atoms with Crippen molar-refractivity contribution in [3.8, 4) is 11.3 Å². The van der Waals surface area contributed by atoms with Crippen LogP contribution in [0, 0.1) is 0 Å². The highest BCUT2D eigenvalue weighted by Crippen LogP contribution is 2.20. The van der Waals surface area contributed by atoms with E-state index in [1.165, 1.54) is 0 Å². The van der Waals surface area contributed by atoms with Crippen LogP contribution >= 0.6 is 0 Å². The number of aromatic nitrogens is 3. The highest BCUT2D eigenvalue weighted by atomic mass is 15.1. The maximum atomic E-state index is 4.61. The van der Waals surface area contributed by atoms with E-state index in [0.29, 0.717) is 6.04 Å². The van der Waals surface area contributed by atoms with Gasteiger partial charge in [-0.05, 0) is 38.1 Å². The first kappa shape index (κ1) is 13.9. The molecule has 110 valence electrons. The van der Waals surface area contributed by atoms with Crippen molar-refractivity contribution in [2.75, 3.05) is 18.4 Å². The Balaban J connectivity index is 1.86. The molecule has 5 heteroatoms. The summed E-state index contributed by atoms with van der Waals surface area (Å²) in [5.41, 5.74) is 1.97. The molecule has 2 N–H and O–H groups in total. The van der Waals surface area contributed by atoms with Crippen LogP contribution in [-0.2, 0) is 6.42 Å². The summed E-state index contributed by atoms with van der Waals surface area (Å²) in [6, 6.07) is 6.48. The Hall–Kier alpha value is -2.01. The second kappa shape index (κ2) is 6.63. The quantitative estimate of drug-likeness (QED) is 0.901. The Bertz CT molecular complexity index is 578. The van der Waals surface area contributed by atoms with Crippen molar-refractivity contribution in [1.82, 2.24) is 20.3 Å². The van der Waals surface area contributed by atoms with Crippen LogP contribution in [-0.4, -0.2) is 34.1 Å². The fourth-order valence-electron chi connectivity index (χ4n) is 2.57. The van der Waals surface area contributed by atoms with E-state index in [1.54, 1.807) is 6.20 Å². The minimum atomic E-state index is 0.493. The molecule has 1 aliphatic heterocycles. The van der Waals surface area contributed by atoms with Crippen molar-refractivity contribution in [2.24, 2.45) is 0 Å². The number of pyridine rings is 1. The van der Waals surface area contributed by atoms with E-state index in [4.69, 9.17) is 0 Å². The minimum Gasteiger partial charge on any atom is -0.367 e. The zero-order chi connectivity index (χ0) is 14.5. The molecule has 0 saturated carbocycles. The van der Waals surface area contributed by atoms with Crippen molar-refractivity contribution in [2.45, 2.75) is 32.2 Å². The van der Waals surface area contributed by atoms with Gasteiger partial charge in [0.05, 0.1) is 5.69 Å². The Morgan fingerprint density at radius 2 is 2.14 bits per heavy atom. The number of anilines is 1. The number of aryl methyl sites for hydroxylation is 1. The molecule has 0 bridgehead atoms. The summed E-state index contributed by atoms with van der Waals surface area (Å²) in [5.74, 6) is 1.79. The molecule has 2 aromatic rings. The van der Waals surface area contributed by atoms with E-state index in [0.717, 1.165) is 55.3 Å². The third-order valence-corrected chi connectivity index (χ3v) is 3.74. The number of nitrogens with one attached hydrogen (secondary N) is 2. The number of rotatable bonds is 4. The Morgan fingerprint density at radius 3 is 2.86 bits per heavy atom. The van der Waals surface area contributed by atoms with Gasteiger partial charge in [-0.25, -0.2) is 9.97 Å². The molecule has 0 radical (unpaired) electrons. The molecule has 0 aromatic carbocycles. The second-order valence-corrected chi connectivity index (χ2v) is 5.32. The van der Waals surface area contributed by atoms with Crippen LogP contribution < -0.4 is 10.6 Å². The average Bonchev–Trinajstić information content (AvgIpc) is 2.56. The van der Waals surface area contributed by atoms with Crippen LogP contribution in [0.15, 0.2) is 30.6 Å². The van der Waals surface area contributed by atoms with Crippen molar-refractivity contribution in [3.63, 3.8) is 0 Å². The molecular weight excluding hydrogens is 262 g/mol. The summed E-state index contributed by atoms with van der Waals surface area (Å²) in [6.45, 7) is 4.22. The average molecular weight is 283 g/mol. The molecule has 1 fully saturated rings. The first-order valence-electron chi connectivity index (χ1n) is 7.61. The minimum absolute atomic E-state index is 0.493. The molecule has 0 aliphatic carbocycles. The summed E-state index contributed by atoms with van der Waals surface area (Å²) in [7, 11) is 0. The standard InChI is InChI=1S/C16H21N5/c1-2-15-20-14(12-4-3-7-18-11-12)10-16(21-15)19-13-5-8-17-9-6-13/h3-4,7,10-11,13,17H,2,5-6,8-9H2,1H3,(H,19,20,21). The van der Waals surface area contributed by atoms with Gasteiger partial charge in [0.25, 0.3) is 0 Å². The molecule has 0 atom stereocenters. The van der Waals surface area contributed by atoms with Gasteiger partial charge in [0.15, 0.2) is 0 Å². The van der Waals surface area contributed by atoms with Crippen molar-refractivity contribution >= 4 is 5.82 Å². The molecule has 2 aromatic heterocycles. The highest BCUT2D eigenvalue weighted by molar-refractivity contribution is 5.61. The Morgan fingerprint density at radius 1 is 1.29 bits per heavy atom. The lowest BCUT2D eigenvalue weighted by Crippen LogP contribution is -2.35. The first-order valence-corrected chi connectivity index (χ1v) is 7.61. The summed E-state index contributed by atoms with van der Waals surface area (Å²) in [4.78, 5) is 13.4. The fraction of sp³-hybridized carbons (Fsp3) is 0.438. The molecule has 0 amide bonds. The molecular formula is C16H21N5. The number of hydrogen-bond acceptors (Lipinski definition) is 5. The SMILES string of the molecule is CCc1nc(NC2CCNCC2)cc(-c2cccnc2)n1. The molecule has 3 heterocycles. The fourth-order valence-corrected chi connectivity index (χ4v) is 2.57. The van der Waals surface area contributed by atoms with Crippen LogP contribution in [0.2, 0.25) is 0 Å². The first-order chi connectivity index (χ1) is 10.3. The van der Waals surface area contributed by atoms with Gasteiger partial charge in [-0.1, -0.05) is 6.92 Å². The lowest BCUT2D eigenvalue weighted by Gasteiger charge is -2.24. The largest absolute Gasteiger partial charge is 0.367 e. The van der Waals surface area contributed by atoms with E-state index < -0.39 is 0 Å². The predicted octanol–water partition coefficient (Wildman–Crippen LogP) is 2.26.